The Morgan fingerprint density at radius 1 is 1.29 bits per heavy atom. The number of ketones is 1. The summed E-state index contributed by atoms with van der Waals surface area (Å²) in [4.78, 5) is 23.2. The number of hydrogen-bond donors (Lipinski definition) is 1. The molecule has 0 heterocycles. The quantitative estimate of drug-likeness (QED) is 0.696. The number of carbonyl (C=O) groups excluding carboxylic acids is 1. The third-order valence-corrected chi connectivity index (χ3v) is 5.11. The molecule has 3 heteroatoms. The Balaban J connectivity index is 2.60. The van der Waals surface area contributed by atoms with Gasteiger partial charge in [-0.1, -0.05) is 20.8 Å². The summed E-state index contributed by atoms with van der Waals surface area (Å²) >= 11 is 0. The molecule has 0 aromatic carbocycles. The maximum absolute atomic E-state index is 11.8. The average Bonchev–Trinajstić information content (AvgIpc) is 2.34. The lowest BCUT2D eigenvalue weighted by Crippen LogP contribution is -2.40. The van der Waals surface area contributed by atoms with Gasteiger partial charge in [-0.05, 0) is 18.3 Å². The minimum atomic E-state index is -0.794. The van der Waals surface area contributed by atoms with Crippen LogP contribution < -0.4 is 0 Å². The summed E-state index contributed by atoms with van der Waals surface area (Å²) < 4.78 is 0. The first-order valence-corrected chi connectivity index (χ1v) is 5.05. The third-order valence-electron chi connectivity index (χ3n) is 5.11. The van der Waals surface area contributed by atoms with Gasteiger partial charge in [-0.25, -0.2) is 0 Å². The van der Waals surface area contributed by atoms with Crippen LogP contribution in [0, 0.1) is 16.2 Å². The van der Waals surface area contributed by atoms with Gasteiger partial charge in [0.05, 0.1) is 5.41 Å². The Labute approximate surface area is 83.5 Å². The summed E-state index contributed by atoms with van der Waals surface area (Å²) in [5.74, 6) is -0.659. The van der Waals surface area contributed by atoms with Crippen LogP contribution in [-0.2, 0) is 9.59 Å². The van der Waals surface area contributed by atoms with Crippen molar-refractivity contribution in [2.45, 2.75) is 40.0 Å². The topological polar surface area (TPSA) is 54.4 Å². The molecule has 2 aliphatic rings. The fraction of sp³-hybridized carbons (Fsp3) is 0.818. The van der Waals surface area contributed by atoms with Crippen molar-refractivity contribution in [2.75, 3.05) is 0 Å². The molecule has 78 valence electrons. The molecular weight excluding hydrogens is 180 g/mol. The molecule has 0 radical (unpaired) electrons. The largest absolute Gasteiger partial charge is 0.481 e. The third kappa shape index (κ3) is 0.677. The Morgan fingerprint density at radius 3 is 2.07 bits per heavy atom. The van der Waals surface area contributed by atoms with E-state index in [2.05, 4.69) is 0 Å². The van der Waals surface area contributed by atoms with Gasteiger partial charge in [-0.15, -0.1) is 0 Å². The van der Waals surface area contributed by atoms with Gasteiger partial charge in [0, 0.05) is 11.8 Å². The summed E-state index contributed by atoms with van der Waals surface area (Å²) in [6.45, 7) is 5.78. The summed E-state index contributed by atoms with van der Waals surface area (Å²) in [7, 11) is 0. The first-order valence-electron chi connectivity index (χ1n) is 5.05. The number of carboxylic acid groups (broad SMARTS) is 1. The maximum Gasteiger partial charge on any atom is 0.310 e. The van der Waals surface area contributed by atoms with Crippen molar-refractivity contribution in [3.05, 3.63) is 0 Å². The van der Waals surface area contributed by atoms with Gasteiger partial charge >= 0.3 is 5.97 Å². The van der Waals surface area contributed by atoms with Gasteiger partial charge < -0.3 is 5.11 Å². The second kappa shape index (κ2) is 2.20. The highest BCUT2D eigenvalue weighted by Crippen LogP contribution is 2.70. The van der Waals surface area contributed by atoms with Crippen LogP contribution in [-0.4, -0.2) is 16.9 Å². The summed E-state index contributed by atoms with van der Waals surface area (Å²) in [5.41, 5.74) is -1.60. The van der Waals surface area contributed by atoms with Crippen molar-refractivity contribution < 1.29 is 14.7 Å². The smallest absolute Gasteiger partial charge is 0.310 e. The van der Waals surface area contributed by atoms with Crippen molar-refractivity contribution in [2.24, 2.45) is 16.2 Å². The van der Waals surface area contributed by atoms with Gasteiger partial charge in [-0.2, -0.15) is 0 Å². The number of fused-ring (bicyclic) bond motifs is 2. The zero-order chi connectivity index (χ0) is 10.8. The maximum atomic E-state index is 11.8. The molecule has 0 amide bonds. The van der Waals surface area contributed by atoms with Crippen LogP contribution in [0.2, 0.25) is 0 Å². The molecule has 14 heavy (non-hydrogen) atoms. The molecule has 0 aliphatic heterocycles. The molecule has 0 aromatic heterocycles. The molecule has 2 atom stereocenters. The fourth-order valence-electron chi connectivity index (χ4n) is 3.33. The monoisotopic (exact) mass is 196 g/mol. The van der Waals surface area contributed by atoms with Crippen LogP contribution in [0.15, 0.2) is 0 Å². The van der Waals surface area contributed by atoms with E-state index < -0.39 is 22.2 Å². The molecule has 3 nitrogen and oxygen atoms in total. The number of Topliss-reactive ketones (excluding diaryl/α,β-unsaturated/α-hetero) is 1. The zero-order valence-electron chi connectivity index (χ0n) is 8.89. The van der Waals surface area contributed by atoms with E-state index in [-0.39, 0.29) is 12.2 Å². The normalized spacial score (nSPS) is 44.4. The van der Waals surface area contributed by atoms with Crippen molar-refractivity contribution in [1.29, 1.82) is 0 Å². The minimum absolute atomic E-state index is 0.135. The standard InChI is InChI=1S/C11H16O3/c1-9(2)10(3)4-5-11(9,8(13)14)6-7(10)12/h4-6H2,1-3H3,(H,13,14). The second-order valence-electron chi connectivity index (χ2n) is 5.44. The van der Waals surface area contributed by atoms with Crippen LogP contribution in [0.5, 0.6) is 0 Å². The van der Waals surface area contributed by atoms with Crippen molar-refractivity contribution in [1.82, 2.24) is 0 Å². The number of hydrogen-bond acceptors (Lipinski definition) is 2. The highest BCUT2D eigenvalue weighted by Gasteiger charge is 2.72. The fourth-order valence-corrected chi connectivity index (χ4v) is 3.33. The lowest BCUT2D eigenvalue weighted by Gasteiger charge is -2.36. The van der Waals surface area contributed by atoms with E-state index >= 15 is 0 Å². The van der Waals surface area contributed by atoms with Gasteiger partial charge in [0.15, 0.2) is 0 Å². The predicted molar refractivity (Wildman–Crippen MR) is 50.8 cm³/mol. The molecular formula is C11H16O3. The predicted octanol–water partition coefficient (Wildman–Crippen LogP) is 1.86. The molecule has 2 rings (SSSR count). The van der Waals surface area contributed by atoms with E-state index in [1.54, 1.807) is 0 Å². The molecule has 0 saturated heterocycles. The number of carboxylic acids is 1. The summed E-state index contributed by atoms with van der Waals surface area (Å²) in [5, 5.41) is 9.31. The summed E-state index contributed by atoms with van der Waals surface area (Å²) in [6.07, 6.45) is 1.61. The number of carbonyl (C=O) groups is 2. The van der Waals surface area contributed by atoms with E-state index in [4.69, 9.17) is 0 Å². The first kappa shape index (κ1) is 9.69. The van der Waals surface area contributed by atoms with Gasteiger partial charge in [-0.3, -0.25) is 9.59 Å². The first-order chi connectivity index (χ1) is 6.28. The molecule has 2 saturated carbocycles. The highest BCUT2D eigenvalue weighted by molar-refractivity contribution is 5.97. The molecule has 1 N–H and O–H groups in total. The van der Waals surface area contributed by atoms with Gasteiger partial charge in [0.1, 0.15) is 5.78 Å². The Bertz CT molecular complexity index is 331. The highest BCUT2D eigenvalue weighted by atomic mass is 16.4. The van der Waals surface area contributed by atoms with Crippen LogP contribution in [0.3, 0.4) is 0 Å². The zero-order valence-corrected chi connectivity index (χ0v) is 8.89. The van der Waals surface area contributed by atoms with E-state index in [1.807, 2.05) is 20.8 Å². The van der Waals surface area contributed by atoms with Crippen LogP contribution in [0.4, 0.5) is 0 Å². The molecule has 0 spiro atoms. The van der Waals surface area contributed by atoms with Crippen LogP contribution in [0.25, 0.3) is 0 Å². The van der Waals surface area contributed by atoms with Gasteiger partial charge in [0.2, 0.25) is 0 Å². The minimum Gasteiger partial charge on any atom is -0.481 e. The summed E-state index contributed by atoms with van der Waals surface area (Å²) in [6, 6.07) is 0. The molecule has 0 aromatic rings. The van der Waals surface area contributed by atoms with Crippen molar-refractivity contribution in [3.63, 3.8) is 0 Å². The van der Waals surface area contributed by atoms with Crippen LogP contribution in [0.1, 0.15) is 40.0 Å². The lowest BCUT2D eigenvalue weighted by atomic mass is 9.65. The van der Waals surface area contributed by atoms with Crippen LogP contribution >= 0.6 is 0 Å². The Morgan fingerprint density at radius 2 is 1.86 bits per heavy atom. The molecule has 2 bridgehead atoms. The van der Waals surface area contributed by atoms with Crippen molar-refractivity contribution in [3.8, 4) is 0 Å². The van der Waals surface area contributed by atoms with E-state index in [9.17, 15) is 14.7 Å². The van der Waals surface area contributed by atoms with E-state index in [1.165, 1.54) is 0 Å². The molecule has 2 aliphatic carbocycles. The SMILES string of the molecule is CC12CCC(C(=O)O)(CC1=O)C2(C)C. The lowest BCUT2D eigenvalue weighted by molar-refractivity contribution is -0.154. The number of aliphatic carboxylic acids is 1. The van der Waals surface area contributed by atoms with Gasteiger partial charge in [0.25, 0.3) is 0 Å². The Hall–Kier alpha value is -0.860. The number of rotatable bonds is 1. The van der Waals surface area contributed by atoms with E-state index in [0.717, 1.165) is 6.42 Å². The average molecular weight is 196 g/mol. The van der Waals surface area contributed by atoms with Crippen molar-refractivity contribution >= 4 is 11.8 Å². The Kier molecular flexibility index (Phi) is 1.53. The second-order valence-corrected chi connectivity index (χ2v) is 5.44. The molecule has 2 fully saturated rings. The molecule has 2 unspecified atom stereocenters. The van der Waals surface area contributed by atoms with E-state index in [0.29, 0.717) is 6.42 Å².